The fraction of sp³-hybridized carbons (Fsp3) is 0.143. The van der Waals surface area contributed by atoms with E-state index >= 15 is 0 Å². The molecule has 0 aliphatic heterocycles. The van der Waals surface area contributed by atoms with Gasteiger partial charge in [-0.3, -0.25) is 0 Å². The number of rotatable bonds is 3. The van der Waals surface area contributed by atoms with Gasteiger partial charge in [-0.25, -0.2) is 9.97 Å². The summed E-state index contributed by atoms with van der Waals surface area (Å²) in [6.07, 6.45) is 0. The van der Waals surface area contributed by atoms with Gasteiger partial charge in [-0.15, -0.1) is 11.3 Å². The summed E-state index contributed by atoms with van der Waals surface area (Å²) in [5.74, 6) is 1.38. The summed E-state index contributed by atoms with van der Waals surface area (Å²) in [5, 5.41) is 3.33. The van der Waals surface area contributed by atoms with Gasteiger partial charge in [0.1, 0.15) is 15.7 Å². The summed E-state index contributed by atoms with van der Waals surface area (Å²) in [6, 6.07) is 9.65. The second kappa shape index (κ2) is 5.15. The number of hydrogen-bond donors (Lipinski definition) is 0. The van der Waals surface area contributed by atoms with Crippen molar-refractivity contribution in [2.75, 3.05) is 6.61 Å². The molecule has 0 aliphatic carbocycles. The smallest absolute Gasteiger partial charge is 0.166 e. The maximum absolute atomic E-state index is 6.20. The molecular formula is C14H11ClN2OS. The highest BCUT2D eigenvalue weighted by Crippen LogP contribution is 2.32. The summed E-state index contributed by atoms with van der Waals surface area (Å²) in [4.78, 5) is 9.81. The van der Waals surface area contributed by atoms with E-state index in [9.17, 15) is 0 Å². The number of ether oxygens (including phenoxy) is 1. The summed E-state index contributed by atoms with van der Waals surface area (Å²) >= 11 is 7.75. The zero-order valence-electron chi connectivity index (χ0n) is 10.3. The van der Waals surface area contributed by atoms with Gasteiger partial charge in [0, 0.05) is 5.39 Å². The largest absolute Gasteiger partial charge is 0.493 e. The van der Waals surface area contributed by atoms with Crippen molar-refractivity contribution in [2.45, 2.75) is 6.92 Å². The van der Waals surface area contributed by atoms with Gasteiger partial charge in [-0.05, 0) is 30.5 Å². The highest BCUT2D eigenvalue weighted by Gasteiger charge is 2.12. The van der Waals surface area contributed by atoms with Crippen molar-refractivity contribution in [3.63, 3.8) is 0 Å². The van der Waals surface area contributed by atoms with E-state index in [0.29, 0.717) is 17.6 Å². The average Bonchev–Trinajstić information content (AvgIpc) is 2.88. The number of hydrogen-bond acceptors (Lipinski definition) is 4. The van der Waals surface area contributed by atoms with Gasteiger partial charge < -0.3 is 4.74 Å². The van der Waals surface area contributed by atoms with Gasteiger partial charge in [0.2, 0.25) is 0 Å². The first-order chi connectivity index (χ1) is 9.29. The van der Waals surface area contributed by atoms with Crippen molar-refractivity contribution in [1.82, 2.24) is 9.97 Å². The minimum atomic E-state index is 0.479. The van der Waals surface area contributed by atoms with Crippen LogP contribution in [-0.2, 0) is 0 Å². The first kappa shape index (κ1) is 12.4. The zero-order chi connectivity index (χ0) is 13.2. The lowest BCUT2D eigenvalue weighted by Gasteiger charge is -2.09. The van der Waals surface area contributed by atoms with Crippen molar-refractivity contribution >= 4 is 33.2 Å². The average molecular weight is 291 g/mol. The molecular weight excluding hydrogens is 280 g/mol. The van der Waals surface area contributed by atoms with Crippen LogP contribution < -0.4 is 4.74 Å². The van der Waals surface area contributed by atoms with Gasteiger partial charge in [0.25, 0.3) is 0 Å². The summed E-state index contributed by atoms with van der Waals surface area (Å²) in [7, 11) is 0. The standard InChI is InChI=1S/C14H11ClN2OS/c1-2-18-11-6-4-3-5-9(11)13-16-12(15)10-7-8-19-14(10)17-13/h3-8H,2H2,1H3. The SMILES string of the molecule is CCOc1ccccc1-c1nc(Cl)c2ccsc2n1. The molecule has 0 saturated carbocycles. The van der Waals surface area contributed by atoms with Gasteiger partial charge in [0.15, 0.2) is 5.82 Å². The molecule has 5 heteroatoms. The Morgan fingerprint density at radius 1 is 1.21 bits per heavy atom. The number of fused-ring (bicyclic) bond motifs is 1. The Labute approximate surface area is 119 Å². The summed E-state index contributed by atoms with van der Waals surface area (Å²) < 4.78 is 5.61. The van der Waals surface area contributed by atoms with Crippen LogP contribution in [0.3, 0.4) is 0 Å². The molecule has 0 N–H and O–H groups in total. The third kappa shape index (κ3) is 2.29. The molecule has 0 fully saturated rings. The van der Waals surface area contributed by atoms with Crippen LogP contribution >= 0.6 is 22.9 Å². The van der Waals surface area contributed by atoms with E-state index in [1.807, 2.05) is 42.6 Å². The number of nitrogens with zero attached hydrogens (tertiary/aromatic N) is 2. The Morgan fingerprint density at radius 3 is 2.89 bits per heavy atom. The summed E-state index contributed by atoms with van der Waals surface area (Å²) in [6.45, 7) is 2.55. The van der Waals surface area contributed by atoms with Crippen LogP contribution in [0.15, 0.2) is 35.7 Å². The Hall–Kier alpha value is -1.65. The predicted molar refractivity (Wildman–Crippen MR) is 79.0 cm³/mol. The molecule has 0 saturated heterocycles. The van der Waals surface area contributed by atoms with E-state index in [2.05, 4.69) is 9.97 Å². The van der Waals surface area contributed by atoms with Crippen molar-refractivity contribution in [2.24, 2.45) is 0 Å². The van der Waals surface area contributed by atoms with E-state index in [0.717, 1.165) is 21.5 Å². The quantitative estimate of drug-likeness (QED) is 0.670. The molecule has 96 valence electrons. The molecule has 0 bridgehead atoms. The first-order valence-corrected chi connectivity index (χ1v) is 7.18. The van der Waals surface area contributed by atoms with Crippen LogP contribution in [0.2, 0.25) is 5.15 Å². The maximum Gasteiger partial charge on any atom is 0.166 e. The maximum atomic E-state index is 6.20. The zero-order valence-corrected chi connectivity index (χ0v) is 11.8. The van der Waals surface area contributed by atoms with Crippen LogP contribution in [0, 0.1) is 0 Å². The molecule has 1 aromatic carbocycles. The number of thiophene rings is 1. The molecule has 0 aliphatic rings. The van der Waals surface area contributed by atoms with Gasteiger partial charge in [-0.1, -0.05) is 23.7 Å². The molecule has 3 aromatic rings. The third-order valence-corrected chi connectivity index (χ3v) is 3.80. The van der Waals surface area contributed by atoms with E-state index < -0.39 is 0 Å². The fourth-order valence-electron chi connectivity index (χ4n) is 1.87. The van der Waals surface area contributed by atoms with Crippen LogP contribution in [0.1, 0.15) is 6.92 Å². The molecule has 2 aromatic heterocycles. The Bertz CT molecular complexity index is 726. The molecule has 3 rings (SSSR count). The number of para-hydroxylation sites is 1. The van der Waals surface area contributed by atoms with Crippen molar-refractivity contribution < 1.29 is 4.74 Å². The van der Waals surface area contributed by atoms with E-state index in [1.165, 1.54) is 0 Å². The Morgan fingerprint density at radius 2 is 2.05 bits per heavy atom. The molecule has 19 heavy (non-hydrogen) atoms. The molecule has 0 amide bonds. The van der Waals surface area contributed by atoms with Crippen molar-refractivity contribution in [1.29, 1.82) is 0 Å². The molecule has 3 nitrogen and oxygen atoms in total. The molecule has 0 unspecified atom stereocenters. The van der Waals surface area contributed by atoms with Crippen LogP contribution in [0.25, 0.3) is 21.6 Å². The van der Waals surface area contributed by atoms with Crippen LogP contribution in [0.5, 0.6) is 5.75 Å². The first-order valence-electron chi connectivity index (χ1n) is 5.92. The second-order valence-electron chi connectivity index (χ2n) is 3.91. The van der Waals surface area contributed by atoms with E-state index in [-0.39, 0.29) is 0 Å². The van der Waals surface area contributed by atoms with Crippen LogP contribution in [-0.4, -0.2) is 16.6 Å². The van der Waals surface area contributed by atoms with Crippen molar-refractivity contribution in [3.05, 3.63) is 40.9 Å². The lowest BCUT2D eigenvalue weighted by Crippen LogP contribution is -1.96. The van der Waals surface area contributed by atoms with Gasteiger partial charge >= 0.3 is 0 Å². The molecule has 2 heterocycles. The number of benzene rings is 1. The number of halogens is 1. The van der Waals surface area contributed by atoms with E-state index in [1.54, 1.807) is 11.3 Å². The highest BCUT2D eigenvalue weighted by molar-refractivity contribution is 7.16. The third-order valence-electron chi connectivity index (χ3n) is 2.71. The minimum Gasteiger partial charge on any atom is -0.493 e. The van der Waals surface area contributed by atoms with Gasteiger partial charge in [0.05, 0.1) is 12.2 Å². The number of aromatic nitrogens is 2. The molecule has 0 radical (unpaired) electrons. The summed E-state index contributed by atoms with van der Waals surface area (Å²) in [5.41, 5.74) is 0.863. The fourth-order valence-corrected chi connectivity index (χ4v) is 2.92. The van der Waals surface area contributed by atoms with Crippen molar-refractivity contribution in [3.8, 4) is 17.1 Å². The molecule has 0 atom stereocenters. The Balaban J connectivity index is 2.18. The molecule has 0 spiro atoms. The lowest BCUT2D eigenvalue weighted by molar-refractivity contribution is 0.341. The minimum absolute atomic E-state index is 0.479. The Kier molecular flexibility index (Phi) is 3.36. The normalized spacial score (nSPS) is 10.8. The monoisotopic (exact) mass is 290 g/mol. The van der Waals surface area contributed by atoms with Gasteiger partial charge in [-0.2, -0.15) is 0 Å². The lowest BCUT2D eigenvalue weighted by atomic mass is 10.2. The van der Waals surface area contributed by atoms with E-state index in [4.69, 9.17) is 16.3 Å². The van der Waals surface area contributed by atoms with Crippen LogP contribution in [0.4, 0.5) is 0 Å². The second-order valence-corrected chi connectivity index (χ2v) is 5.16. The predicted octanol–water partition coefficient (Wildman–Crippen LogP) is 4.41. The highest BCUT2D eigenvalue weighted by atomic mass is 35.5. The topological polar surface area (TPSA) is 35.0 Å².